The molecule has 0 radical (unpaired) electrons. The molecule has 0 aliphatic carbocycles. The maximum atomic E-state index is 13.3. The fraction of sp³-hybridized carbons (Fsp3) is 0.639. The summed E-state index contributed by atoms with van der Waals surface area (Å²) in [5.74, 6) is 0.574. The first-order chi connectivity index (χ1) is 19.4. The minimum atomic E-state index is -0.634. The van der Waals surface area contributed by atoms with Gasteiger partial charge in [0.1, 0.15) is 12.3 Å². The van der Waals surface area contributed by atoms with Crippen LogP contribution in [0.25, 0.3) is 0 Å². The number of carbonyl (C=O) groups is 1. The molecular formula is C36H58NO3+. The molecule has 2 unspecified atom stereocenters. The molecule has 2 aromatic rings. The Morgan fingerprint density at radius 1 is 0.725 bits per heavy atom. The van der Waals surface area contributed by atoms with Gasteiger partial charge in [0.15, 0.2) is 6.04 Å². The van der Waals surface area contributed by atoms with E-state index in [-0.39, 0.29) is 12.0 Å². The van der Waals surface area contributed by atoms with E-state index in [4.69, 9.17) is 9.47 Å². The summed E-state index contributed by atoms with van der Waals surface area (Å²) in [5, 5.41) is 0. The molecule has 0 aliphatic rings. The molecule has 0 saturated carbocycles. The smallest absolute Gasteiger partial charge is 0.368 e. The lowest BCUT2D eigenvalue weighted by Gasteiger charge is -2.37. The molecule has 2 aromatic carbocycles. The molecule has 0 aromatic heterocycles. The number of quaternary nitrogens is 1. The van der Waals surface area contributed by atoms with Gasteiger partial charge in [0.05, 0.1) is 14.1 Å². The van der Waals surface area contributed by atoms with Crippen molar-refractivity contribution in [2.75, 3.05) is 14.1 Å². The van der Waals surface area contributed by atoms with E-state index in [0.717, 1.165) is 31.6 Å². The van der Waals surface area contributed by atoms with Crippen LogP contribution in [-0.2, 0) is 22.5 Å². The van der Waals surface area contributed by atoms with Gasteiger partial charge in [0, 0.05) is 18.9 Å². The first kappa shape index (κ1) is 33.9. The second-order valence-corrected chi connectivity index (χ2v) is 12.1. The van der Waals surface area contributed by atoms with Gasteiger partial charge < -0.3 is 14.0 Å². The largest absolute Gasteiger partial charge is 0.455 e. The van der Waals surface area contributed by atoms with Crippen LogP contribution in [0.5, 0.6) is 5.75 Å². The van der Waals surface area contributed by atoms with Crippen molar-refractivity contribution in [1.29, 1.82) is 0 Å². The summed E-state index contributed by atoms with van der Waals surface area (Å²) in [7, 11) is 4.22. The van der Waals surface area contributed by atoms with E-state index >= 15 is 0 Å². The SMILES string of the molecule is CCCCCCCCCCCCCCc1cccc(OC(C)OC(=O)C(CCC)[N+](C)(C)Cc2ccccc2)c1. The third kappa shape index (κ3) is 13.8. The van der Waals surface area contributed by atoms with Gasteiger partial charge in [-0.15, -0.1) is 0 Å². The topological polar surface area (TPSA) is 35.5 Å². The Hall–Kier alpha value is -2.33. The van der Waals surface area contributed by atoms with Gasteiger partial charge in [-0.3, -0.25) is 0 Å². The number of hydrogen-bond acceptors (Lipinski definition) is 3. The molecule has 0 aliphatic heterocycles. The summed E-state index contributed by atoms with van der Waals surface area (Å²) in [5.41, 5.74) is 2.50. The number of rotatable bonds is 22. The predicted octanol–water partition coefficient (Wildman–Crippen LogP) is 9.64. The molecule has 0 amide bonds. The summed E-state index contributed by atoms with van der Waals surface area (Å²) in [6, 6.07) is 18.4. The zero-order chi connectivity index (χ0) is 29.1. The average molecular weight is 553 g/mol. The van der Waals surface area contributed by atoms with Crippen LogP contribution in [0, 0.1) is 0 Å². The average Bonchev–Trinajstić information content (AvgIpc) is 2.92. The summed E-state index contributed by atoms with van der Waals surface area (Å²) < 4.78 is 12.4. The standard InChI is InChI=1S/C36H58NO3/c1-6-8-9-10-11-12-13-14-15-16-17-19-24-32-27-22-28-34(29-32)39-31(3)40-36(38)35(23-7-2)37(4,5)30-33-25-20-18-21-26-33/h18,20-22,25-29,31,35H,6-17,19,23-24,30H2,1-5H3/q+1. The Morgan fingerprint density at radius 3 is 1.90 bits per heavy atom. The number of aryl methyl sites for hydroxylation is 1. The second kappa shape index (κ2) is 19.7. The van der Waals surface area contributed by atoms with Gasteiger partial charge in [-0.2, -0.15) is 0 Å². The van der Waals surface area contributed by atoms with Crippen molar-refractivity contribution >= 4 is 5.97 Å². The number of nitrogens with zero attached hydrogens (tertiary/aromatic N) is 1. The van der Waals surface area contributed by atoms with Crippen molar-refractivity contribution in [2.24, 2.45) is 0 Å². The summed E-state index contributed by atoms with van der Waals surface area (Å²) in [4.78, 5) is 13.3. The minimum Gasteiger partial charge on any atom is -0.455 e. The van der Waals surface area contributed by atoms with E-state index in [0.29, 0.717) is 4.48 Å². The van der Waals surface area contributed by atoms with Crippen LogP contribution in [0.4, 0.5) is 0 Å². The van der Waals surface area contributed by atoms with Gasteiger partial charge in [0.25, 0.3) is 0 Å². The monoisotopic (exact) mass is 552 g/mol. The highest BCUT2D eigenvalue weighted by Gasteiger charge is 2.36. The van der Waals surface area contributed by atoms with Crippen molar-refractivity contribution in [2.45, 2.75) is 136 Å². The van der Waals surface area contributed by atoms with Crippen LogP contribution in [0.1, 0.15) is 122 Å². The Morgan fingerprint density at radius 2 is 1.30 bits per heavy atom. The number of ether oxygens (including phenoxy) is 2. The van der Waals surface area contributed by atoms with Crippen LogP contribution in [-0.4, -0.2) is 36.9 Å². The fourth-order valence-electron chi connectivity index (χ4n) is 5.59. The molecule has 0 fully saturated rings. The Bertz CT molecular complexity index is 927. The molecular weight excluding hydrogens is 494 g/mol. The third-order valence-corrected chi connectivity index (χ3v) is 7.91. The van der Waals surface area contributed by atoms with Gasteiger partial charge in [-0.1, -0.05) is 127 Å². The first-order valence-electron chi connectivity index (χ1n) is 16.2. The van der Waals surface area contributed by atoms with Gasteiger partial charge in [0.2, 0.25) is 6.29 Å². The molecule has 4 heteroatoms. The molecule has 4 nitrogen and oxygen atoms in total. The summed E-state index contributed by atoms with van der Waals surface area (Å²) in [6.45, 7) is 6.99. The minimum absolute atomic E-state index is 0.192. The van der Waals surface area contributed by atoms with Crippen LogP contribution < -0.4 is 4.74 Å². The predicted molar refractivity (Wildman–Crippen MR) is 168 cm³/mol. The van der Waals surface area contributed by atoms with E-state index in [1.165, 1.54) is 88.2 Å². The van der Waals surface area contributed by atoms with E-state index in [9.17, 15) is 4.79 Å². The number of esters is 1. The summed E-state index contributed by atoms with van der Waals surface area (Å²) in [6.07, 6.45) is 18.5. The molecule has 0 bridgehead atoms. The van der Waals surface area contributed by atoms with E-state index < -0.39 is 6.29 Å². The second-order valence-electron chi connectivity index (χ2n) is 12.1. The van der Waals surface area contributed by atoms with Crippen LogP contribution >= 0.6 is 0 Å². The number of hydrogen-bond donors (Lipinski definition) is 0. The molecule has 224 valence electrons. The zero-order valence-electron chi connectivity index (χ0n) is 26.3. The molecule has 40 heavy (non-hydrogen) atoms. The summed E-state index contributed by atoms with van der Waals surface area (Å²) >= 11 is 0. The van der Waals surface area contributed by atoms with Crippen molar-refractivity contribution in [3.63, 3.8) is 0 Å². The molecule has 0 saturated heterocycles. The molecule has 0 N–H and O–H groups in total. The molecule has 0 heterocycles. The Kier molecular flexibility index (Phi) is 16.7. The van der Waals surface area contributed by atoms with E-state index in [1.807, 2.05) is 37.3 Å². The number of likely N-dealkylation sites (N-methyl/N-ethyl adjacent to an activating group) is 1. The normalized spacial score (nSPS) is 13.1. The van der Waals surface area contributed by atoms with Crippen LogP contribution in [0.3, 0.4) is 0 Å². The maximum Gasteiger partial charge on any atom is 0.368 e. The number of carbonyl (C=O) groups excluding carboxylic acids is 1. The number of benzene rings is 2. The Balaban J connectivity index is 1.72. The van der Waals surface area contributed by atoms with Crippen LogP contribution in [0.15, 0.2) is 54.6 Å². The van der Waals surface area contributed by atoms with Gasteiger partial charge in [-0.25, -0.2) is 4.79 Å². The molecule has 2 rings (SSSR count). The molecule has 0 spiro atoms. The third-order valence-electron chi connectivity index (χ3n) is 7.91. The first-order valence-corrected chi connectivity index (χ1v) is 16.2. The van der Waals surface area contributed by atoms with Crippen molar-refractivity contribution in [1.82, 2.24) is 0 Å². The lowest BCUT2D eigenvalue weighted by atomic mass is 10.0. The highest BCUT2D eigenvalue weighted by atomic mass is 16.7. The Labute approximate surface area is 246 Å². The zero-order valence-corrected chi connectivity index (χ0v) is 26.3. The van der Waals surface area contributed by atoms with E-state index in [2.05, 4.69) is 52.2 Å². The lowest BCUT2D eigenvalue weighted by molar-refractivity contribution is -0.920. The van der Waals surface area contributed by atoms with Crippen molar-refractivity contribution < 1.29 is 18.8 Å². The highest BCUT2D eigenvalue weighted by molar-refractivity contribution is 5.74. The quantitative estimate of drug-likeness (QED) is 0.0631. The van der Waals surface area contributed by atoms with Crippen molar-refractivity contribution in [3.8, 4) is 5.75 Å². The van der Waals surface area contributed by atoms with Gasteiger partial charge >= 0.3 is 5.97 Å². The fourth-order valence-corrected chi connectivity index (χ4v) is 5.59. The van der Waals surface area contributed by atoms with Gasteiger partial charge in [-0.05, 0) is 37.0 Å². The van der Waals surface area contributed by atoms with E-state index in [1.54, 1.807) is 0 Å². The van der Waals surface area contributed by atoms with Crippen LogP contribution in [0.2, 0.25) is 0 Å². The van der Waals surface area contributed by atoms with Crippen molar-refractivity contribution in [3.05, 3.63) is 65.7 Å². The molecule has 2 atom stereocenters. The highest BCUT2D eigenvalue weighted by Crippen LogP contribution is 2.22. The lowest BCUT2D eigenvalue weighted by Crippen LogP contribution is -2.53. The maximum absolute atomic E-state index is 13.3. The number of unbranched alkanes of at least 4 members (excludes halogenated alkanes) is 11.